The van der Waals surface area contributed by atoms with Gasteiger partial charge < -0.3 is 194 Å². The minimum Gasteiger partial charge on any atom is -0.394 e. The SMILES string of the molecule is CC(=O)N[C@H]1[C@H](O[C@H]2[C@@H](O)[C@@H](CO)O[C@@H](O[C@H]3[C@H](O)[C@@H](O)[C@H](O)O[C@@H]3CO)[C@@H]2O)O[C@H](CO)[C@@H](O[C@@H]2O[C@H](CO)[C@H](O)[C@H](O[C@@H]3O[C@H](CO)[C@@H](O[C@@H]4O[C@@H](C)[C@@H](O)[C@@H](O)[C@@H]4O)[C@@H](O[C@@H]4O[C@H](CO)[C@H](O)[C@H](O)[C@H]4O)[C@H]3NC(C)=O)[C@H]2O)[C@@H]1O[C@@H]1O[C@@H](C)[C@@H](O)[C@@H](O)[C@@H]1O. The molecule has 0 spiro atoms. The molecular formula is C52H88N2O39. The Balaban J connectivity index is 1.14. The lowest BCUT2D eigenvalue weighted by molar-refractivity contribution is -0.400. The minimum atomic E-state index is -2.43. The molecule has 41 nitrogen and oxygen atoms in total. The number of ether oxygens (including phenoxy) is 15. The Kier molecular flexibility index (Phi) is 26.7. The van der Waals surface area contributed by atoms with Gasteiger partial charge >= 0.3 is 0 Å². The van der Waals surface area contributed by atoms with Crippen LogP contribution in [-0.4, -0.2) is 409 Å². The van der Waals surface area contributed by atoms with Gasteiger partial charge in [-0.25, -0.2) is 0 Å². The Hall–Kier alpha value is -2.54. The molecule has 40 atom stereocenters. The summed E-state index contributed by atoms with van der Waals surface area (Å²) in [6.45, 7) is -2.06. The summed E-state index contributed by atoms with van der Waals surface area (Å²) in [5.74, 6) is -1.91. The molecule has 8 saturated heterocycles. The Morgan fingerprint density at radius 2 is 0.559 bits per heavy atom. The molecule has 0 saturated carbocycles. The highest BCUT2D eigenvalue weighted by atomic mass is 16.8. The topological polar surface area (TPSA) is 642 Å². The van der Waals surface area contributed by atoms with Crippen molar-refractivity contribution in [2.45, 2.75) is 273 Å². The maximum atomic E-state index is 13.3. The van der Waals surface area contributed by atoms with E-state index < -0.39 is 297 Å². The van der Waals surface area contributed by atoms with Crippen molar-refractivity contribution in [2.75, 3.05) is 39.6 Å². The Labute approximate surface area is 527 Å². The summed E-state index contributed by atoms with van der Waals surface area (Å²) in [5.41, 5.74) is 0. The Bertz CT molecular complexity index is 2350. The minimum absolute atomic E-state index is 0.947. The van der Waals surface area contributed by atoms with Crippen LogP contribution in [-0.2, 0) is 80.6 Å². The molecule has 0 aromatic rings. The van der Waals surface area contributed by atoms with Gasteiger partial charge in [0.15, 0.2) is 50.3 Å². The van der Waals surface area contributed by atoms with Crippen LogP contribution in [0.3, 0.4) is 0 Å². The third kappa shape index (κ3) is 16.2. The van der Waals surface area contributed by atoms with Crippen molar-refractivity contribution >= 4 is 11.8 Å². The maximum absolute atomic E-state index is 13.3. The Morgan fingerprint density at radius 3 is 0.914 bits per heavy atom. The van der Waals surface area contributed by atoms with Crippen LogP contribution in [0, 0.1) is 0 Å². The molecule has 0 aromatic heterocycles. The zero-order chi connectivity index (χ0) is 68.5. The van der Waals surface area contributed by atoms with Gasteiger partial charge in [-0.1, -0.05) is 0 Å². The molecule has 8 aliphatic rings. The largest absolute Gasteiger partial charge is 0.394 e. The summed E-state index contributed by atoms with van der Waals surface area (Å²) < 4.78 is 88.9. The predicted octanol–water partition coefficient (Wildman–Crippen LogP) is -16.1. The van der Waals surface area contributed by atoms with E-state index in [-0.39, 0.29) is 0 Å². The van der Waals surface area contributed by atoms with E-state index in [1.807, 2.05) is 0 Å². The van der Waals surface area contributed by atoms with E-state index in [1.54, 1.807) is 0 Å². The number of aliphatic hydroxyl groups excluding tert-OH is 22. The highest BCUT2D eigenvalue weighted by Gasteiger charge is 2.61. The molecule has 540 valence electrons. The van der Waals surface area contributed by atoms with Crippen molar-refractivity contribution in [1.82, 2.24) is 10.6 Å². The number of hydrogen-bond donors (Lipinski definition) is 24. The van der Waals surface area contributed by atoms with Gasteiger partial charge in [-0.2, -0.15) is 0 Å². The van der Waals surface area contributed by atoms with Gasteiger partial charge in [0.1, 0.15) is 183 Å². The number of carbonyl (C=O) groups excluding carboxylic acids is 2. The number of carbonyl (C=O) groups is 2. The van der Waals surface area contributed by atoms with Crippen LogP contribution in [0.5, 0.6) is 0 Å². The highest BCUT2D eigenvalue weighted by Crippen LogP contribution is 2.40. The van der Waals surface area contributed by atoms with Crippen molar-refractivity contribution < 1.29 is 193 Å². The first-order chi connectivity index (χ1) is 43.9. The molecular weight excluding hydrogens is 1280 g/mol. The van der Waals surface area contributed by atoms with Crippen LogP contribution in [0.25, 0.3) is 0 Å². The van der Waals surface area contributed by atoms with Crippen LogP contribution in [0.4, 0.5) is 0 Å². The van der Waals surface area contributed by atoms with Crippen LogP contribution in [0.15, 0.2) is 0 Å². The monoisotopic (exact) mass is 1360 g/mol. The number of rotatable bonds is 22. The first kappa shape index (κ1) is 76.2. The molecule has 0 aliphatic carbocycles. The molecule has 2 amide bonds. The van der Waals surface area contributed by atoms with Crippen molar-refractivity contribution in [3.05, 3.63) is 0 Å². The second-order valence-electron chi connectivity index (χ2n) is 23.8. The molecule has 24 N–H and O–H groups in total. The van der Waals surface area contributed by atoms with Gasteiger partial charge in [-0.05, 0) is 13.8 Å². The molecule has 0 radical (unpaired) electrons. The van der Waals surface area contributed by atoms with Gasteiger partial charge in [0, 0.05) is 13.8 Å². The Morgan fingerprint density at radius 1 is 0.280 bits per heavy atom. The fraction of sp³-hybridized carbons (Fsp3) is 0.962. The number of hydrogen-bond acceptors (Lipinski definition) is 39. The van der Waals surface area contributed by atoms with Crippen LogP contribution >= 0.6 is 0 Å². The van der Waals surface area contributed by atoms with Gasteiger partial charge in [-0.3, -0.25) is 9.59 Å². The average molecular weight is 1370 g/mol. The summed E-state index contributed by atoms with van der Waals surface area (Å²) >= 11 is 0. The fourth-order valence-electron chi connectivity index (χ4n) is 12.2. The lowest BCUT2D eigenvalue weighted by atomic mass is 9.93. The summed E-state index contributed by atoms with van der Waals surface area (Å²) in [6.07, 6.45) is -75.3. The molecule has 0 bridgehead atoms. The van der Waals surface area contributed by atoms with Crippen molar-refractivity contribution in [1.29, 1.82) is 0 Å². The quantitative estimate of drug-likeness (QED) is 0.0479. The summed E-state index contributed by atoms with van der Waals surface area (Å²) in [6, 6.07) is -3.90. The zero-order valence-electron chi connectivity index (χ0n) is 50.1. The van der Waals surface area contributed by atoms with E-state index in [0.29, 0.717) is 0 Å². The fourth-order valence-corrected chi connectivity index (χ4v) is 12.2. The molecule has 8 rings (SSSR count). The first-order valence-corrected chi connectivity index (χ1v) is 29.9. The van der Waals surface area contributed by atoms with E-state index in [4.69, 9.17) is 71.1 Å². The highest BCUT2D eigenvalue weighted by molar-refractivity contribution is 5.73. The van der Waals surface area contributed by atoms with Gasteiger partial charge in [-0.15, -0.1) is 0 Å². The molecule has 0 aromatic carbocycles. The van der Waals surface area contributed by atoms with E-state index in [9.17, 15) is 122 Å². The second kappa shape index (κ2) is 32.6. The average Bonchev–Trinajstić information content (AvgIpc) is 0.833. The predicted molar refractivity (Wildman–Crippen MR) is 285 cm³/mol. The molecule has 8 heterocycles. The smallest absolute Gasteiger partial charge is 0.217 e. The van der Waals surface area contributed by atoms with Crippen LogP contribution < -0.4 is 10.6 Å². The van der Waals surface area contributed by atoms with Gasteiger partial charge in [0.25, 0.3) is 0 Å². The maximum Gasteiger partial charge on any atom is 0.217 e. The van der Waals surface area contributed by atoms with E-state index in [0.717, 1.165) is 13.8 Å². The van der Waals surface area contributed by atoms with Gasteiger partial charge in [0.05, 0.1) is 51.8 Å². The normalized spacial score (nSPS) is 51.6. The van der Waals surface area contributed by atoms with E-state index in [2.05, 4.69) is 10.6 Å². The summed E-state index contributed by atoms with van der Waals surface area (Å²) in [7, 11) is 0. The number of aliphatic hydroxyl groups is 22. The molecule has 8 fully saturated rings. The van der Waals surface area contributed by atoms with E-state index in [1.165, 1.54) is 13.8 Å². The first-order valence-electron chi connectivity index (χ1n) is 29.9. The summed E-state index contributed by atoms with van der Waals surface area (Å²) in [4.78, 5) is 26.6. The van der Waals surface area contributed by atoms with Crippen LogP contribution in [0.2, 0.25) is 0 Å². The van der Waals surface area contributed by atoms with Gasteiger partial charge in [0.2, 0.25) is 11.8 Å². The zero-order valence-corrected chi connectivity index (χ0v) is 50.1. The van der Waals surface area contributed by atoms with Crippen molar-refractivity contribution in [2.24, 2.45) is 0 Å². The second-order valence-corrected chi connectivity index (χ2v) is 23.8. The van der Waals surface area contributed by atoms with Crippen molar-refractivity contribution in [3.63, 3.8) is 0 Å². The number of nitrogens with one attached hydrogen (secondary N) is 2. The molecule has 93 heavy (non-hydrogen) atoms. The standard InChI is InChI=1S/C52H88N2O39/c1-11-23(63)28(68)33(73)48(79-11)88-39-19(9-59)85-47(22(54-14(4)62)42(39)91-50-35(75)30(70)25(65)15(5-55)82-50)93-44-27(67)17(7-57)84-52(37(44)77)89-40-20(10-60)86-46(21(53-13(3)61)41(40)90-49-34(74)29(69)24(64)12(2)80-49)92-43-26(66)16(6-56)83-51(36(43)76)87-38-18(8-58)81-45(78)32(72)31(38)71/h11-12,15-52,55-60,63-78H,5-10H2,1-4H3,(H,53,61)(H,54,62)/t11-,12-,15+,16+,17+,18+,19+,20+,21+,22+,23+,24+,25-,26-,27-,28+,29+,30-,31+,32+,33-,34-,35+,36+,37+,38+,39+,40+,41+,42-,43-,44-,45+,46-,47-,48-,49-,50-,51-,52-/m0/s1. The lowest BCUT2D eigenvalue weighted by Crippen LogP contribution is -2.72. The lowest BCUT2D eigenvalue weighted by Gasteiger charge is -2.52. The van der Waals surface area contributed by atoms with Crippen molar-refractivity contribution in [3.8, 4) is 0 Å². The number of amides is 2. The third-order valence-corrected chi connectivity index (χ3v) is 17.4. The molecule has 0 unspecified atom stereocenters. The molecule has 41 heteroatoms. The van der Waals surface area contributed by atoms with Crippen LogP contribution in [0.1, 0.15) is 27.7 Å². The van der Waals surface area contributed by atoms with E-state index >= 15 is 0 Å². The summed E-state index contributed by atoms with van der Waals surface area (Å²) in [5, 5.41) is 245. The molecule has 8 aliphatic heterocycles. The third-order valence-electron chi connectivity index (χ3n) is 17.4.